The molecule has 0 atom stereocenters. The van der Waals surface area contributed by atoms with E-state index >= 15 is 0 Å². The molecule has 1 fully saturated rings. The van der Waals surface area contributed by atoms with Crippen LogP contribution in [0.2, 0.25) is 0 Å². The highest BCUT2D eigenvalue weighted by Gasteiger charge is 2.28. The van der Waals surface area contributed by atoms with E-state index in [1.807, 2.05) is 0 Å². The van der Waals surface area contributed by atoms with Crippen molar-refractivity contribution < 1.29 is 26.7 Å². The zero-order chi connectivity index (χ0) is 21.0. The Bertz CT molecular complexity index is 939. The predicted molar refractivity (Wildman–Crippen MR) is 105 cm³/mol. The van der Waals surface area contributed by atoms with Crippen LogP contribution in [0.25, 0.3) is 0 Å². The second-order valence-electron chi connectivity index (χ2n) is 6.97. The molecule has 2 aromatic carbocycles. The predicted octanol–water partition coefficient (Wildman–Crippen LogP) is 3.96. The Hall–Kier alpha value is -2.52. The van der Waals surface area contributed by atoms with Crippen LogP contribution in [0.15, 0.2) is 53.4 Å². The Kier molecular flexibility index (Phi) is 6.49. The number of sulfonamides is 1. The van der Waals surface area contributed by atoms with Crippen molar-refractivity contribution in [1.29, 1.82) is 0 Å². The number of nitrogens with one attached hydrogen (secondary N) is 1. The molecule has 9 heteroatoms. The molecule has 0 saturated carbocycles. The molecule has 1 aliphatic heterocycles. The number of carbonyl (C=O) groups excluding carboxylic acids is 1. The van der Waals surface area contributed by atoms with Gasteiger partial charge in [-0.05, 0) is 67.3 Å². The summed E-state index contributed by atoms with van der Waals surface area (Å²) in [6.07, 6.45) is 1.67. The maximum atomic E-state index is 12.7. The normalized spacial score (nSPS) is 16.0. The topological polar surface area (TPSA) is 75.7 Å². The third-order valence-corrected chi connectivity index (χ3v) is 6.75. The van der Waals surface area contributed by atoms with E-state index < -0.39 is 22.5 Å². The van der Waals surface area contributed by atoms with Crippen LogP contribution in [-0.4, -0.2) is 38.3 Å². The summed E-state index contributed by atoms with van der Waals surface area (Å²) in [5, 5.41) is 2.62. The molecule has 1 aliphatic rings. The third-order valence-electron chi connectivity index (χ3n) is 4.83. The lowest BCUT2D eigenvalue weighted by Crippen LogP contribution is -2.37. The lowest BCUT2D eigenvalue weighted by atomic mass is 10.0. The molecule has 0 unspecified atom stereocenters. The molecule has 0 aliphatic carbocycles. The van der Waals surface area contributed by atoms with Crippen LogP contribution in [0.3, 0.4) is 0 Å². The van der Waals surface area contributed by atoms with Crippen LogP contribution in [-0.2, 0) is 10.0 Å². The molecule has 29 heavy (non-hydrogen) atoms. The number of rotatable bonds is 6. The van der Waals surface area contributed by atoms with Gasteiger partial charge in [-0.25, -0.2) is 8.42 Å². The van der Waals surface area contributed by atoms with Gasteiger partial charge in [0.15, 0.2) is 0 Å². The molecule has 6 nitrogen and oxygen atoms in total. The molecule has 156 valence electrons. The van der Waals surface area contributed by atoms with Crippen LogP contribution >= 0.6 is 0 Å². The molecule has 1 heterocycles. The van der Waals surface area contributed by atoms with Crippen molar-refractivity contribution in [3.63, 3.8) is 0 Å². The minimum Gasteiger partial charge on any atom is -0.435 e. The van der Waals surface area contributed by atoms with E-state index in [4.69, 9.17) is 0 Å². The van der Waals surface area contributed by atoms with Gasteiger partial charge in [-0.15, -0.1) is 0 Å². The fourth-order valence-corrected chi connectivity index (χ4v) is 4.55. The first-order valence-electron chi connectivity index (χ1n) is 9.22. The highest BCUT2D eigenvalue weighted by Crippen LogP contribution is 2.24. The molecule has 0 radical (unpaired) electrons. The van der Waals surface area contributed by atoms with Gasteiger partial charge in [-0.1, -0.05) is 6.92 Å². The van der Waals surface area contributed by atoms with Crippen molar-refractivity contribution in [3.8, 4) is 5.75 Å². The molecule has 3 rings (SSSR count). The van der Waals surface area contributed by atoms with Crippen molar-refractivity contribution in [2.45, 2.75) is 31.3 Å². The molecule has 2 aromatic rings. The number of ether oxygens (including phenoxy) is 1. The Labute approximate surface area is 168 Å². The second-order valence-corrected chi connectivity index (χ2v) is 8.91. The van der Waals surface area contributed by atoms with Crippen LogP contribution in [0.1, 0.15) is 30.1 Å². The highest BCUT2D eigenvalue weighted by molar-refractivity contribution is 7.89. The van der Waals surface area contributed by atoms with Gasteiger partial charge in [0.25, 0.3) is 5.91 Å². The van der Waals surface area contributed by atoms with Crippen LogP contribution in [0.5, 0.6) is 5.75 Å². The summed E-state index contributed by atoms with van der Waals surface area (Å²) in [6.45, 7) is 0.184. The molecule has 0 aromatic heterocycles. The monoisotopic (exact) mass is 424 g/mol. The van der Waals surface area contributed by atoms with Gasteiger partial charge in [0.05, 0.1) is 4.90 Å². The maximum Gasteiger partial charge on any atom is 0.387 e. The number of anilines is 1. The Balaban J connectivity index is 1.65. The van der Waals surface area contributed by atoms with E-state index in [-0.39, 0.29) is 16.2 Å². The fraction of sp³-hybridized carbons (Fsp3) is 0.350. The van der Waals surface area contributed by atoms with Gasteiger partial charge < -0.3 is 10.1 Å². The van der Waals surface area contributed by atoms with Crippen molar-refractivity contribution >= 4 is 21.6 Å². The van der Waals surface area contributed by atoms with Gasteiger partial charge in [0.2, 0.25) is 10.0 Å². The zero-order valence-corrected chi connectivity index (χ0v) is 16.7. The first-order chi connectivity index (χ1) is 13.8. The number of alkyl halides is 2. The number of hydrogen-bond donors (Lipinski definition) is 1. The van der Waals surface area contributed by atoms with Crippen molar-refractivity contribution in [2.75, 3.05) is 18.4 Å². The molecule has 0 spiro atoms. The Morgan fingerprint density at radius 2 is 1.66 bits per heavy atom. The summed E-state index contributed by atoms with van der Waals surface area (Å²) in [4.78, 5) is 12.5. The Morgan fingerprint density at radius 3 is 2.21 bits per heavy atom. The summed E-state index contributed by atoms with van der Waals surface area (Å²) in [6, 6.07) is 11.2. The average Bonchev–Trinajstić information content (AvgIpc) is 2.69. The van der Waals surface area contributed by atoms with Gasteiger partial charge in [0, 0.05) is 24.3 Å². The summed E-state index contributed by atoms with van der Waals surface area (Å²) >= 11 is 0. The van der Waals surface area contributed by atoms with E-state index in [1.54, 1.807) is 0 Å². The lowest BCUT2D eigenvalue weighted by molar-refractivity contribution is -0.0498. The Morgan fingerprint density at radius 1 is 1.07 bits per heavy atom. The average molecular weight is 424 g/mol. The SMILES string of the molecule is CC1CCN(S(=O)(=O)c2ccc(C(=O)Nc3ccc(OC(F)F)cc3)cc2)CC1. The number of piperidine rings is 1. The second kappa shape index (κ2) is 8.87. The number of carbonyl (C=O) groups is 1. The largest absolute Gasteiger partial charge is 0.435 e. The summed E-state index contributed by atoms with van der Waals surface area (Å²) in [5.74, 6) is 0.0615. The van der Waals surface area contributed by atoms with Crippen LogP contribution in [0, 0.1) is 5.92 Å². The molecular formula is C20H22F2N2O4S. The van der Waals surface area contributed by atoms with Crippen molar-refractivity contribution in [1.82, 2.24) is 4.31 Å². The standard InChI is InChI=1S/C20H22F2N2O4S/c1-14-10-12-24(13-11-14)29(26,27)18-8-2-15(3-9-18)19(25)23-16-4-6-17(7-5-16)28-20(21)22/h2-9,14,20H,10-13H2,1H3,(H,23,25). The highest BCUT2D eigenvalue weighted by atomic mass is 32.2. The number of benzene rings is 2. The van der Waals surface area contributed by atoms with Crippen molar-refractivity contribution in [2.24, 2.45) is 5.92 Å². The summed E-state index contributed by atoms with van der Waals surface area (Å²) < 4.78 is 55.5. The number of amides is 1. The molecule has 1 saturated heterocycles. The van der Waals surface area contributed by atoms with Gasteiger partial charge in [0.1, 0.15) is 5.75 Å². The molecular weight excluding hydrogens is 402 g/mol. The lowest BCUT2D eigenvalue weighted by Gasteiger charge is -2.29. The first kappa shape index (κ1) is 21.2. The summed E-state index contributed by atoms with van der Waals surface area (Å²) in [7, 11) is -3.58. The van der Waals surface area contributed by atoms with E-state index in [9.17, 15) is 22.0 Å². The maximum absolute atomic E-state index is 12.7. The van der Waals surface area contributed by atoms with Gasteiger partial charge in [-0.2, -0.15) is 13.1 Å². The van der Waals surface area contributed by atoms with E-state index in [0.717, 1.165) is 12.8 Å². The third kappa shape index (κ3) is 5.30. The van der Waals surface area contributed by atoms with E-state index in [1.165, 1.54) is 52.8 Å². The number of nitrogens with zero attached hydrogens (tertiary/aromatic N) is 1. The van der Waals surface area contributed by atoms with Gasteiger partial charge >= 0.3 is 6.61 Å². The van der Waals surface area contributed by atoms with Crippen LogP contribution in [0.4, 0.5) is 14.5 Å². The van der Waals surface area contributed by atoms with Crippen molar-refractivity contribution in [3.05, 3.63) is 54.1 Å². The zero-order valence-electron chi connectivity index (χ0n) is 15.8. The van der Waals surface area contributed by atoms with E-state index in [2.05, 4.69) is 17.0 Å². The quantitative estimate of drug-likeness (QED) is 0.762. The smallest absolute Gasteiger partial charge is 0.387 e. The fourth-order valence-electron chi connectivity index (χ4n) is 3.08. The van der Waals surface area contributed by atoms with E-state index in [0.29, 0.717) is 24.7 Å². The van der Waals surface area contributed by atoms with Gasteiger partial charge in [-0.3, -0.25) is 4.79 Å². The first-order valence-corrected chi connectivity index (χ1v) is 10.7. The number of halogens is 2. The molecule has 1 amide bonds. The summed E-state index contributed by atoms with van der Waals surface area (Å²) in [5.41, 5.74) is 0.680. The molecule has 1 N–H and O–H groups in total. The number of hydrogen-bond acceptors (Lipinski definition) is 4. The van der Waals surface area contributed by atoms with Crippen LogP contribution < -0.4 is 10.1 Å². The minimum atomic E-state index is -3.58. The molecule has 0 bridgehead atoms. The minimum absolute atomic E-state index is 0.0142.